The maximum absolute atomic E-state index is 12.4. The number of likely N-dealkylation sites (tertiary alicyclic amines) is 1. The maximum Gasteiger partial charge on any atom is 0.417 e. The highest BCUT2D eigenvalue weighted by Gasteiger charge is 2.30. The van der Waals surface area contributed by atoms with E-state index in [4.69, 9.17) is 0 Å². The molecule has 0 saturated carbocycles. The van der Waals surface area contributed by atoms with E-state index in [2.05, 4.69) is 29.2 Å². The second-order valence-electron chi connectivity index (χ2n) is 5.13. The van der Waals surface area contributed by atoms with Gasteiger partial charge in [-0.3, -0.25) is 0 Å². The molecule has 0 spiro atoms. The summed E-state index contributed by atoms with van der Waals surface area (Å²) in [4.78, 5) is 6.11. The summed E-state index contributed by atoms with van der Waals surface area (Å²) in [6, 6.07) is 3.20. The summed E-state index contributed by atoms with van der Waals surface area (Å²) < 4.78 is 37.2. The largest absolute Gasteiger partial charge is 0.417 e. The number of anilines is 1. The van der Waals surface area contributed by atoms with Crippen LogP contribution in [0.3, 0.4) is 0 Å². The van der Waals surface area contributed by atoms with Crippen molar-refractivity contribution in [3.8, 4) is 0 Å². The highest BCUT2D eigenvalue weighted by atomic mass is 19.4. The summed E-state index contributed by atoms with van der Waals surface area (Å²) in [6.07, 6.45) is -1.50. The minimum Gasteiger partial charge on any atom is -0.367 e. The van der Waals surface area contributed by atoms with E-state index in [-0.39, 0.29) is 6.04 Å². The Balaban J connectivity index is 1.97. The molecule has 1 aliphatic heterocycles. The molecule has 0 amide bonds. The third-order valence-corrected chi connectivity index (χ3v) is 3.65. The van der Waals surface area contributed by atoms with Crippen molar-refractivity contribution in [2.75, 3.05) is 18.9 Å². The van der Waals surface area contributed by atoms with E-state index in [0.717, 1.165) is 31.6 Å². The number of rotatable bonds is 2. The van der Waals surface area contributed by atoms with Gasteiger partial charge >= 0.3 is 6.18 Å². The highest BCUT2D eigenvalue weighted by Crippen LogP contribution is 2.29. The van der Waals surface area contributed by atoms with Crippen LogP contribution in [0, 0.1) is 0 Å². The average Bonchev–Trinajstić information content (AvgIpc) is 2.33. The van der Waals surface area contributed by atoms with Gasteiger partial charge in [0, 0.05) is 24.8 Å². The van der Waals surface area contributed by atoms with Gasteiger partial charge < -0.3 is 10.2 Å². The van der Waals surface area contributed by atoms with E-state index < -0.39 is 11.7 Å². The van der Waals surface area contributed by atoms with E-state index >= 15 is 0 Å². The van der Waals surface area contributed by atoms with Crippen molar-refractivity contribution in [3.63, 3.8) is 0 Å². The molecule has 0 aliphatic carbocycles. The quantitative estimate of drug-likeness (QED) is 0.898. The van der Waals surface area contributed by atoms with Gasteiger partial charge in [0.25, 0.3) is 0 Å². The van der Waals surface area contributed by atoms with Crippen molar-refractivity contribution in [1.29, 1.82) is 0 Å². The second kappa shape index (κ2) is 5.36. The molecule has 1 aromatic heterocycles. The minimum absolute atomic E-state index is 0.274. The predicted octanol–water partition coefficient (Wildman–Crippen LogP) is 3.00. The van der Waals surface area contributed by atoms with Gasteiger partial charge in [-0.05, 0) is 38.9 Å². The van der Waals surface area contributed by atoms with Crippen molar-refractivity contribution in [2.24, 2.45) is 0 Å². The van der Waals surface area contributed by atoms with Crippen LogP contribution >= 0.6 is 0 Å². The Morgan fingerprint density at radius 2 is 2.11 bits per heavy atom. The van der Waals surface area contributed by atoms with Gasteiger partial charge in [0.05, 0.1) is 5.56 Å². The van der Waals surface area contributed by atoms with Gasteiger partial charge in [-0.2, -0.15) is 13.2 Å². The number of nitrogens with zero attached hydrogens (tertiary/aromatic N) is 2. The summed E-state index contributed by atoms with van der Waals surface area (Å²) >= 11 is 0. The van der Waals surface area contributed by atoms with Crippen molar-refractivity contribution in [1.82, 2.24) is 9.88 Å². The molecular formula is C13H18F3N3. The topological polar surface area (TPSA) is 28.2 Å². The Morgan fingerprint density at radius 1 is 1.37 bits per heavy atom. The SMILES string of the molecule is CC1CC(Nc2ccc(C(F)(F)F)cn2)CCN1C. The number of pyridine rings is 1. The van der Waals surface area contributed by atoms with Crippen LogP contribution in [0.25, 0.3) is 0 Å². The fourth-order valence-electron chi connectivity index (χ4n) is 2.28. The molecule has 2 unspecified atom stereocenters. The molecule has 3 nitrogen and oxygen atoms in total. The lowest BCUT2D eigenvalue weighted by atomic mass is 9.99. The van der Waals surface area contributed by atoms with Gasteiger partial charge in [0.1, 0.15) is 5.82 Å². The lowest BCUT2D eigenvalue weighted by Crippen LogP contribution is -2.42. The number of nitrogens with one attached hydrogen (secondary N) is 1. The first-order chi connectivity index (χ1) is 8.86. The first kappa shape index (κ1) is 14.1. The van der Waals surface area contributed by atoms with E-state index in [1.54, 1.807) is 0 Å². The molecule has 0 radical (unpaired) electrons. The Labute approximate surface area is 110 Å². The molecule has 106 valence electrons. The molecule has 19 heavy (non-hydrogen) atoms. The molecular weight excluding hydrogens is 255 g/mol. The van der Waals surface area contributed by atoms with Crippen molar-refractivity contribution in [2.45, 2.75) is 38.0 Å². The first-order valence-corrected chi connectivity index (χ1v) is 6.36. The first-order valence-electron chi connectivity index (χ1n) is 6.36. The summed E-state index contributed by atoms with van der Waals surface area (Å²) in [6.45, 7) is 3.13. The molecule has 1 aromatic rings. The van der Waals surface area contributed by atoms with Crippen LogP contribution < -0.4 is 5.32 Å². The van der Waals surface area contributed by atoms with E-state index in [1.165, 1.54) is 6.07 Å². The Kier molecular flexibility index (Phi) is 3.99. The van der Waals surface area contributed by atoms with Crippen LogP contribution in [0.4, 0.5) is 19.0 Å². The standard InChI is InChI=1S/C13H18F3N3/c1-9-7-11(5-6-19(9)2)18-12-4-3-10(8-17-12)13(14,15)16/h3-4,8-9,11H,5-7H2,1-2H3,(H,17,18). The summed E-state index contributed by atoms with van der Waals surface area (Å²) in [5.74, 6) is 0.509. The van der Waals surface area contributed by atoms with Gasteiger partial charge in [0.2, 0.25) is 0 Å². The molecule has 2 heterocycles. The molecule has 6 heteroatoms. The smallest absolute Gasteiger partial charge is 0.367 e. The van der Waals surface area contributed by atoms with Gasteiger partial charge in [-0.1, -0.05) is 0 Å². The van der Waals surface area contributed by atoms with Gasteiger partial charge in [-0.25, -0.2) is 4.98 Å². The monoisotopic (exact) mass is 273 g/mol. The number of hydrogen-bond donors (Lipinski definition) is 1. The van der Waals surface area contributed by atoms with Crippen molar-refractivity contribution < 1.29 is 13.2 Å². The van der Waals surface area contributed by atoms with Crippen LogP contribution in [0.2, 0.25) is 0 Å². The Morgan fingerprint density at radius 3 is 2.63 bits per heavy atom. The third-order valence-electron chi connectivity index (χ3n) is 3.65. The predicted molar refractivity (Wildman–Crippen MR) is 68.0 cm³/mol. The van der Waals surface area contributed by atoms with Gasteiger partial charge in [-0.15, -0.1) is 0 Å². The van der Waals surface area contributed by atoms with Gasteiger partial charge in [0.15, 0.2) is 0 Å². The fourth-order valence-corrected chi connectivity index (χ4v) is 2.28. The number of hydrogen-bond acceptors (Lipinski definition) is 3. The van der Waals surface area contributed by atoms with Crippen LogP contribution in [0.15, 0.2) is 18.3 Å². The molecule has 2 rings (SSSR count). The summed E-state index contributed by atoms with van der Waals surface area (Å²) in [5, 5.41) is 3.21. The second-order valence-corrected chi connectivity index (χ2v) is 5.13. The zero-order chi connectivity index (χ0) is 14.0. The average molecular weight is 273 g/mol. The molecule has 1 fully saturated rings. The molecule has 2 atom stereocenters. The van der Waals surface area contributed by atoms with Crippen LogP contribution in [0.1, 0.15) is 25.3 Å². The van der Waals surface area contributed by atoms with E-state index in [0.29, 0.717) is 11.9 Å². The number of piperidine rings is 1. The summed E-state index contributed by atoms with van der Waals surface area (Å²) in [7, 11) is 2.08. The molecule has 0 bridgehead atoms. The fraction of sp³-hybridized carbons (Fsp3) is 0.615. The Hall–Kier alpha value is -1.30. The molecule has 1 N–H and O–H groups in total. The van der Waals surface area contributed by atoms with Crippen LogP contribution in [-0.2, 0) is 6.18 Å². The lowest BCUT2D eigenvalue weighted by Gasteiger charge is -2.35. The minimum atomic E-state index is -4.33. The number of aromatic nitrogens is 1. The highest BCUT2D eigenvalue weighted by molar-refractivity contribution is 5.37. The normalized spacial score (nSPS) is 25.3. The zero-order valence-electron chi connectivity index (χ0n) is 11.0. The molecule has 1 aliphatic rings. The number of alkyl halides is 3. The third kappa shape index (κ3) is 3.59. The van der Waals surface area contributed by atoms with E-state index in [1.807, 2.05) is 0 Å². The van der Waals surface area contributed by atoms with E-state index in [9.17, 15) is 13.2 Å². The maximum atomic E-state index is 12.4. The molecule has 0 aromatic carbocycles. The van der Waals surface area contributed by atoms with Crippen LogP contribution in [-0.4, -0.2) is 35.6 Å². The van der Waals surface area contributed by atoms with Crippen molar-refractivity contribution in [3.05, 3.63) is 23.9 Å². The Bertz CT molecular complexity index is 416. The van der Waals surface area contributed by atoms with Crippen LogP contribution in [0.5, 0.6) is 0 Å². The lowest BCUT2D eigenvalue weighted by molar-refractivity contribution is -0.137. The number of halogens is 3. The van der Waals surface area contributed by atoms with Crippen molar-refractivity contribution >= 4 is 5.82 Å². The molecule has 1 saturated heterocycles. The zero-order valence-corrected chi connectivity index (χ0v) is 11.0. The summed E-state index contributed by atoms with van der Waals surface area (Å²) in [5.41, 5.74) is -0.713.